The Kier molecular flexibility index (Phi) is 5.72. The number of benzene rings is 1. The van der Waals surface area contributed by atoms with Crippen LogP contribution >= 0.6 is 0 Å². The first-order valence-corrected chi connectivity index (χ1v) is 9.02. The average Bonchev–Trinajstić information content (AvgIpc) is 3.16. The van der Waals surface area contributed by atoms with Crippen LogP contribution in [-0.2, 0) is 14.3 Å². The lowest BCUT2D eigenvalue weighted by Crippen LogP contribution is -2.43. The molecule has 0 aliphatic carbocycles. The predicted octanol–water partition coefficient (Wildman–Crippen LogP) is 2.67. The average molecular weight is 387 g/mol. The lowest BCUT2D eigenvalue weighted by molar-refractivity contribution is -0.383. The van der Waals surface area contributed by atoms with Crippen LogP contribution in [0.1, 0.15) is 26.7 Å². The summed E-state index contributed by atoms with van der Waals surface area (Å²) in [6.07, 6.45) is 2.80. The molecule has 9 nitrogen and oxygen atoms in total. The number of hydrogen-bond acceptors (Lipinski definition) is 7. The minimum atomic E-state index is -0.606. The minimum absolute atomic E-state index is 0.0778. The number of aromatic nitrogens is 1. The van der Waals surface area contributed by atoms with Crippen LogP contribution in [0.2, 0.25) is 0 Å². The molecule has 2 heterocycles. The van der Waals surface area contributed by atoms with Gasteiger partial charge in [-0.2, -0.15) is 0 Å². The second kappa shape index (κ2) is 8.20. The summed E-state index contributed by atoms with van der Waals surface area (Å²) >= 11 is 0. The van der Waals surface area contributed by atoms with Gasteiger partial charge in [0, 0.05) is 24.7 Å². The third kappa shape index (κ3) is 3.88. The number of nitro benzene ring substituents is 1. The molecule has 28 heavy (non-hydrogen) atoms. The highest BCUT2D eigenvalue weighted by Gasteiger charge is 2.36. The molecule has 1 atom stereocenters. The molecular formula is C19H21N3O6. The Morgan fingerprint density at radius 1 is 1.36 bits per heavy atom. The number of nitro groups is 1. The summed E-state index contributed by atoms with van der Waals surface area (Å²) in [5, 5.41) is 11.5. The monoisotopic (exact) mass is 387 g/mol. The summed E-state index contributed by atoms with van der Waals surface area (Å²) in [4.78, 5) is 40.9. The fraction of sp³-hybridized carbons (Fsp3) is 0.421. The van der Waals surface area contributed by atoms with Crippen LogP contribution in [0.25, 0.3) is 10.9 Å². The fourth-order valence-electron chi connectivity index (χ4n) is 3.26. The van der Waals surface area contributed by atoms with E-state index < -0.39 is 16.9 Å². The van der Waals surface area contributed by atoms with Crippen LogP contribution in [0.15, 0.2) is 30.5 Å². The van der Waals surface area contributed by atoms with Crippen LogP contribution in [0.4, 0.5) is 5.69 Å². The molecule has 148 valence electrons. The summed E-state index contributed by atoms with van der Waals surface area (Å²) in [7, 11) is 0. The maximum absolute atomic E-state index is 12.4. The number of ether oxygens (including phenoxy) is 2. The van der Waals surface area contributed by atoms with Crippen LogP contribution in [0.3, 0.4) is 0 Å². The van der Waals surface area contributed by atoms with Crippen molar-refractivity contribution in [2.24, 2.45) is 5.92 Å². The van der Waals surface area contributed by atoms with Crippen LogP contribution in [-0.4, -0.2) is 46.1 Å². The maximum Gasteiger partial charge on any atom is 0.331 e. The number of amides is 1. The highest BCUT2D eigenvalue weighted by Crippen LogP contribution is 2.31. The van der Waals surface area contributed by atoms with Crippen molar-refractivity contribution in [3.63, 3.8) is 0 Å². The molecule has 0 N–H and O–H groups in total. The van der Waals surface area contributed by atoms with Gasteiger partial charge in [0.15, 0.2) is 0 Å². The van der Waals surface area contributed by atoms with Crippen molar-refractivity contribution in [3.05, 3.63) is 40.6 Å². The zero-order chi connectivity index (χ0) is 20.3. The van der Waals surface area contributed by atoms with Gasteiger partial charge in [-0.1, -0.05) is 13.8 Å². The summed E-state index contributed by atoms with van der Waals surface area (Å²) in [5.41, 5.74) is 0.228. The number of carbonyl (C=O) groups excluding carboxylic acids is 2. The van der Waals surface area contributed by atoms with Gasteiger partial charge in [-0.25, -0.2) is 4.79 Å². The van der Waals surface area contributed by atoms with Gasteiger partial charge in [-0.3, -0.25) is 19.9 Å². The van der Waals surface area contributed by atoms with Gasteiger partial charge in [0.05, 0.1) is 10.3 Å². The molecule has 3 rings (SSSR count). The van der Waals surface area contributed by atoms with E-state index in [1.807, 2.05) is 0 Å². The van der Waals surface area contributed by atoms with Crippen molar-refractivity contribution in [3.8, 4) is 5.75 Å². The van der Waals surface area contributed by atoms with Gasteiger partial charge in [-0.05, 0) is 31.0 Å². The number of nitrogens with zero attached hydrogens (tertiary/aromatic N) is 3. The van der Waals surface area contributed by atoms with Crippen molar-refractivity contribution < 1.29 is 24.0 Å². The van der Waals surface area contributed by atoms with Crippen LogP contribution < -0.4 is 4.74 Å². The van der Waals surface area contributed by atoms with Crippen molar-refractivity contribution in [2.45, 2.75) is 32.7 Å². The molecule has 1 saturated heterocycles. The normalized spacial score (nSPS) is 16.4. The molecule has 1 fully saturated rings. The Balaban J connectivity index is 1.67. The zero-order valence-corrected chi connectivity index (χ0v) is 15.7. The number of pyridine rings is 1. The topological polar surface area (TPSA) is 112 Å². The molecule has 0 saturated carbocycles. The molecule has 0 bridgehead atoms. The van der Waals surface area contributed by atoms with Gasteiger partial charge in [0.2, 0.25) is 12.7 Å². The van der Waals surface area contributed by atoms with Crippen LogP contribution in [0, 0.1) is 16.0 Å². The van der Waals surface area contributed by atoms with E-state index in [0.717, 1.165) is 6.42 Å². The summed E-state index contributed by atoms with van der Waals surface area (Å²) < 4.78 is 10.7. The van der Waals surface area contributed by atoms with Crippen LogP contribution in [0.5, 0.6) is 5.75 Å². The molecular weight excluding hydrogens is 366 g/mol. The molecule has 1 aromatic heterocycles. The van der Waals surface area contributed by atoms with E-state index in [-0.39, 0.29) is 30.1 Å². The molecule has 1 unspecified atom stereocenters. The van der Waals surface area contributed by atoms with E-state index in [4.69, 9.17) is 9.47 Å². The number of hydrogen-bond donors (Lipinski definition) is 0. The van der Waals surface area contributed by atoms with Gasteiger partial charge in [0.1, 0.15) is 17.3 Å². The van der Waals surface area contributed by atoms with Crippen molar-refractivity contribution in [1.29, 1.82) is 0 Å². The van der Waals surface area contributed by atoms with E-state index in [1.54, 1.807) is 30.9 Å². The Hall–Kier alpha value is -3.23. The molecule has 1 aliphatic heterocycles. The van der Waals surface area contributed by atoms with E-state index in [1.165, 1.54) is 18.3 Å². The third-order valence-corrected chi connectivity index (χ3v) is 4.62. The Morgan fingerprint density at radius 2 is 2.14 bits per heavy atom. The quantitative estimate of drug-likeness (QED) is 0.324. The van der Waals surface area contributed by atoms with Gasteiger partial charge in [0.25, 0.3) is 5.69 Å². The smallest absolute Gasteiger partial charge is 0.331 e. The molecule has 1 amide bonds. The predicted molar refractivity (Wildman–Crippen MR) is 99.6 cm³/mol. The number of likely N-dealkylation sites (tertiary alicyclic amines) is 1. The number of carbonyl (C=O) groups is 2. The highest BCUT2D eigenvalue weighted by molar-refractivity contribution is 5.92. The molecule has 2 aromatic rings. The maximum atomic E-state index is 12.4. The lowest BCUT2D eigenvalue weighted by atomic mass is 10.1. The zero-order valence-electron chi connectivity index (χ0n) is 15.7. The van der Waals surface area contributed by atoms with Crippen molar-refractivity contribution in [1.82, 2.24) is 9.88 Å². The molecule has 0 radical (unpaired) electrons. The number of fused-ring (bicyclic) bond motifs is 1. The molecule has 0 spiro atoms. The first-order valence-electron chi connectivity index (χ1n) is 9.02. The van der Waals surface area contributed by atoms with Gasteiger partial charge < -0.3 is 14.4 Å². The molecule has 1 aromatic carbocycles. The van der Waals surface area contributed by atoms with Crippen molar-refractivity contribution >= 4 is 28.5 Å². The standard InChI is InChI=1S/C19H21N3O6/c1-12(2)18(23)21-10-4-6-15(21)19(24)28-11-27-16-8-7-14(22(25)26)13-5-3-9-20-17(13)16/h3,5,7-9,12,15H,4,6,10-11H2,1-2H3. The Labute approximate surface area is 161 Å². The van der Waals surface area contributed by atoms with Gasteiger partial charge in [-0.15, -0.1) is 0 Å². The lowest BCUT2D eigenvalue weighted by Gasteiger charge is -2.24. The molecule has 1 aliphatic rings. The second-order valence-electron chi connectivity index (χ2n) is 6.81. The number of esters is 1. The summed E-state index contributed by atoms with van der Waals surface area (Å²) in [6, 6.07) is 5.31. The largest absolute Gasteiger partial charge is 0.455 e. The first kappa shape index (κ1) is 19.5. The summed E-state index contributed by atoms with van der Waals surface area (Å²) in [6.45, 7) is 3.74. The van der Waals surface area contributed by atoms with E-state index in [9.17, 15) is 19.7 Å². The highest BCUT2D eigenvalue weighted by atomic mass is 16.7. The Morgan fingerprint density at radius 3 is 2.86 bits per heavy atom. The molecule has 9 heteroatoms. The fourth-order valence-corrected chi connectivity index (χ4v) is 3.26. The Bertz CT molecular complexity index is 914. The summed E-state index contributed by atoms with van der Waals surface area (Å²) in [5.74, 6) is -0.519. The number of rotatable bonds is 6. The van der Waals surface area contributed by atoms with E-state index in [2.05, 4.69) is 4.98 Å². The SMILES string of the molecule is CC(C)C(=O)N1CCCC1C(=O)OCOc1ccc([N+](=O)[O-])c2cccnc12. The first-order chi connectivity index (χ1) is 13.4. The second-order valence-corrected chi connectivity index (χ2v) is 6.81. The third-order valence-electron chi connectivity index (χ3n) is 4.62. The van der Waals surface area contributed by atoms with E-state index in [0.29, 0.717) is 23.9 Å². The minimum Gasteiger partial charge on any atom is -0.455 e. The van der Waals surface area contributed by atoms with Gasteiger partial charge >= 0.3 is 5.97 Å². The van der Waals surface area contributed by atoms with E-state index >= 15 is 0 Å². The van der Waals surface area contributed by atoms with Crippen molar-refractivity contribution in [2.75, 3.05) is 13.3 Å². The number of non-ortho nitro benzene ring substituents is 1.